The zero-order valence-corrected chi connectivity index (χ0v) is 13.1. The number of rotatable bonds is 4. The van der Waals surface area contributed by atoms with Gasteiger partial charge < -0.3 is 5.32 Å². The van der Waals surface area contributed by atoms with Crippen LogP contribution >= 0.6 is 0 Å². The quantitative estimate of drug-likeness (QED) is 0.867. The molecule has 0 amide bonds. The maximum atomic E-state index is 12.7. The van der Waals surface area contributed by atoms with E-state index in [9.17, 15) is 21.6 Å². The Bertz CT molecular complexity index is 412. The molecule has 0 unspecified atom stereocenters. The minimum Gasteiger partial charge on any atom is -0.313 e. The highest BCUT2D eigenvalue weighted by molar-refractivity contribution is 7.92. The van der Waals surface area contributed by atoms with Gasteiger partial charge in [-0.25, -0.2) is 8.42 Å². The molecular formula is C13H24F3NO2S. The van der Waals surface area contributed by atoms with E-state index in [1.165, 1.54) is 0 Å². The minimum atomic E-state index is -4.14. The molecule has 120 valence electrons. The summed E-state index contributed by atoms with van der Waals surface area (Å²) in [6, 6.07) is -0.231. The van der Waals surface area contributed by atoms with Gasteiger partial charge >= 0.3 is 6.18 Å². The Labute approximate surface area is 119 Å². The van der Waals surface area contributed by atoms with Gasteiger partial charge in [-0.1, -0.05) is 6.42 Å². The van der Waals surface area contributed by atoms with Gasteiger partial charge in [0.2, 0.25) is 0 Å². The Kier molecular flexibility index (Phi) is 5.52. The number of alkyl halides is 3. The van der Waals surface area contributed by atoms with Gasteiger partial charge in [0.05, 0.1) is 16.4 Å². The molecule has 0 aromatic heterocycles. The van der Waals surface area contributed by atoms with Crippen LogP contribution in [0, 0.1) is 5.92 Å². The molecule has 0 aromatic carbocycles. The highest BCUT2D eigenvalue weighted by atomic mass is 32.2. The number of sulfone groups is 1. The fraction of sp³-hybridized carbons (Fsp3) is 1.00. The van der Waals surface area contributed by atoms with Crippen molar-refractivity contribution in [3.8, 4) is 0 Å². The topological polar surface area (TPSA) is 46.2 Å². The van der Waals surface area contributed by atoms with E-state index in [-0.39, 0.29) is 31.2 Å². The van der Waals surface area contributed by atoms with Crippen LogP contribution in [0.1, 0.15) is 46.5 Å². The highest BCUT2D eigenvalue weighted by Crippen LogP contribution is 2.37. The molecule has 1 aliphatic carbocycles. The van der Waals surface area contributed by atoms with Crippen molar-refractivity contribution in [1.29, 1.82) is 0 Å². The van der Waals surface area contributed by atoms with Crippen molar-refractivity contribution in [2.45, 2.75) is 63.4 Å². The summed E-state index contributed by atoms with van der Waals surface area (Å²) in [6.45, 7) is 5.10. The van der Waals surface area contributed by atoms with Crippen LogP contribution in [-0.4, -0.2) is 37.7 Å². The summed E-state index contributed by atoms with van der Waals surface area (Å²) >= 11 is 0. The van der Waals surface area contributed by atoms with E-state index in [1.54, 1.807) is 20.8 Å². The summed E-state index contributed by atoms with van der Waals surface area (Å²) in [5, 5.41) is 2.97. The lowest BCUT2D eigenvalue weighted by atomic mass is 9.85. The van der Waals surface area contributed by atoms with Crippen molar-refractivity contribution >= 4 is 9.84 Å². The van der Waals surface area contributed by atoms with Gasteiger partial charge in [0.1, 0.15) is 0 Å². The van der Waals surface area contributed by atoms with Crippen molar-refractivity contribution in [2.24, 2.45) is 5.92 Å². The number of hydrogen-bond acceptors (Lipinski definition) is 3. The molecule has 0 saturated heterocycles. The van der Waals surface area contributed by atoms with Crippen LogP contribution < -0.4 is 5.32 Å². The van der Waals surface area contributed by atoms with Crippen LogP contribution in [0.4, 0.5) is 13.2 Å². The Morgan fingerprint density at radius 3 is 2.25 bits per heavy atom. The fourth-order valence-corrected chi connectivity index (χ4v) is 3.38. The SMILES string of the molecule is CC(C)(C)S(=O)(=O)CCN[C@H]1CCC[C@@H](C(F)(F)F)C1. The van der Waals surface area contributed by atoms with Crippen LogP contribution in [0.5, 0.6) is 0 Å². The third-order valence-corrected chi connectivity index (χ3v) is 6.48. The maximum absolute atomic E-state index is 12.7. The van der Waals surface area contributed by atoms with Crippen molar-refractivity contribution in [1.82, 2.24) is 5.32 Å². The zero-order chi connectivity index (χ0) is 15.6. The van der Waals surface area contributed by atoms with E-state index in [0.29, 0.717) is 12.8 Å². The first-order valence-electron chi connectivity index (χ1n) is 6.96. The number of nitrogens with one attached hydrogen (secondary N) is 1. The normalized spacial score (nSPS) is 25.7. The Morgan fingerprint density at radius 1 is 1.15 bits per heavy atom. The second kappa shape index (κ2) is 6.22. The van der Waals surface area contributed by atoms with Crippen molar-refractivity contribution in [3.05, 3.63) is 0 Å². The van der Waals surface area contributed by atoms with Gasteiger partial charge in [-0.05, 0) is 40.0 Å². The van der Waals surface area contributed by atoms with Crippen LogP contribution in [-0.2, 0) is 9.84 Å². The second-order valence-corrected chi connectivity index (χ2v) is 9.35. The average Bonchev–Trinajstić information content (AvgIpc) is 2.26. The largest absolute Gasteiger partial charge is 0.391 e. The predicted molar refractivity (Wildman–Crippen MR) is 73.3 cm³/mol. The smallest absolute Gasteiger partial charge is 0.313 e. The Balaban J connectivity index is 2.43. The summed E-state index contributed by atoms with van der Waals surface area (Å²) in [6.07, 6.45) is -2.69. The zero-order valence-electron chi connectivity index (χ0n) is 12.3. The average molecular weight is 315 g/mol. The molecule has 0 heterocycles. The van der Waals surface area contributed by atoms with E-state index in [4.69, 9.17) is 0 Å². The summed E-state index contributed by atoms with van der Waals surface area (Å²) in [4.78, 5) is 0. The number of hydrogen-bond donors (Lipinski definition) is 1. The van der Waals surface area contributed by atoms with Crippen molar-refractivity contribution in [2.75, 3.05) is 12.3 Å². The van der Waals surface area contributed by atoms with E-state index in [0.717, 1.165) is 0 Å². The van der Waals surface area contributed by atoms with Crippen molar-refractivity contribution < 1.29 is 21.6 Å². The lowest BCUT2D eigenvalue weighted by molar-refractivity contribution is -0.183. The van der Waals surface area contributed by atoms with Gasteiger partial charge in [0.15, 0.2) is 9.84 Å². The highest BCUT2D eigenvalue weighted by Gasteiger charge is 2.42. The van der Waals surface area contributed by atoms with Gasteiger partial charge in [-0.2, -0.15) is 13.2 Å². The lowest BCUT2D eigenvalue weighted by Gasteiger charge is -2.31. The molecule has 0 aliphatic heterocycles. The van der Waals surface area contributed by atoms with E-state index in [2.05, 4.69) is 5.32 Å². The van der Waals surface area contributed by atoms with Gasteiger partial charge in [0.25, 0.3) is 0 Å². The van der Waals surface area contributed by atoms with Crippen LogP contribution in [0.25, 0.3) is 0 Å². The summed E-state index contributed by atoms with van der Waals surface area (Å²) in [5.41, 5.74) is 0. The molecule has 1 saturated carbocycles. The van der Waals surface area contributed by atoms with Gasteiger partial charge in [0, 0.05) is 12.6 Å². The van der Waals surface area contributed by atoms with E-state index < -0.39 is 26.7 Å². The van der Waals surface area contributed by atoms with E-state index >= 15 is 0 Å². The Hall–Kier alpha value is -0.300. The summed E-state index contributed by atoms with van der Waals surface area (Å²) in [7, 11) is -3.23. The molecule has 1 rings (SSSR count). The number of halogens is 3. The molecule has 2 atom stereocenters. The molecule has 1 fully saturated rings. The third kappa shape index (κ3) is 4.91. The van der Waals surface area contributed by atoms with Crippen LogP contribution in [0.2, 0.25) is 0 Å². The van der Waals surface area contributed by atoms with Crippen LogP contribution in [0.3, 0.4) is 0 Å². The molecule has 0 radical (unpaired) electrons. The summed E-state index contributed by atoms with van der Waals surface area (Å²) in [5.74, 6) is -1.29. The fourth-order valence-electron chi connectivity index (χ4n) is 2.38. The minimum absolute atomic E-state index is 0.0380. The van der Waals surface area contributed by atoms with Crippen LogP contribution in [0.15, 0.2) is 0 Å². The van der Waals surface area contributed by atoms with E-state index in [1.807, 2.05) is 0 Å². The standard InChI is InChI=1S/C13H24F3NO2S/c1-12(2,3)20(18,19)8-7-17-11-6-4-5-10(9-11)13(14,15)16/h10-11,17H,4-9H2,1-3H3/t10-,11+/m1/s1. The molecule has 3 nitrogen and oxygen atoms in total. The molecule has 0 spiro atoms. The molecule has 1 aliphatic rings. The molecule has 0 aromatic rings. The first kappa shape index (κ1) is 17.8. The van der Waals surface area contributed by atoms with Gasteiger partial charge in [-0.3, -0.25) is 0 Å². The first-order valence-corrected chi connectivity index (χ1v) is 8.61. The third-order valence-electron chi connectivity index (χ3n) is 3.87. The molecular weight excluding hydrogens is 291 g/mol. The monoisotopic (exact) mass is 315 g/mol. The maximum Gasteiger partial charge on any atom is 0.391 e. The molecule has 0 bridgehead atoms. The summed E-state index contributed by atoms with van der Waals surface area (Å²) < 4.78 is 60.9. The first-order chi connectivity index (χ1) is 8.93. The molecule has 1 N–H and O–H groups in total. The van der Waals surface area contributed by atoms with Gasteiger partial charge in [-0.15, -0.1) is 0 Å². The Morgan fingerprint density at radius 2 is 1.75 bits per heavy atom. The molecule has 7 heteroatoms. The lowest BCUT2D eigenvalue weighted by Crippen LogP contribution is -2.42. The molecule has 20 heavy (non-hydrogen) atoms. The predicted octanol–water partition coefficient (Wildman–Crippen LogP) is 2.91. The van der Waals surface area contributed by atoms with Crippen molar-refractivity contribution in [3.63, 3.8) is 0 Å². The second-order valence-electron chi connectivity index (χ2n) is 6.49.